The quantitative estimate of drug-likeness (QED) is 0.0303. The van der Waals surface area contributed by atoms with Gasteiger partial charge in [0.1, 0.15) is 53.6 Å². The average molecular weight is 1600 g/mol. The second-order valence-electron chi connectivity index (χ2n) is 34.4. The molecular weight excluding hydrogens is 1450 g/mol. The minimum Gasteiger partial charge on any atom is -0.459 e. The van der Waals surface area contributed by atoms with Gasteiger partial charge in [-0.15, -0.1) is 0 Å². The zero-order chi connectivity index (χ0) is 83.9. The van der Waals surface area contributed by atoms with Crippen LogP contribution in [0.2, 0.25) is 0 Å². The van der Waals surface area contributed by atoms with Crippen molar-refractivity contribution >= 4 is 29.3 Å². The van der Waals surface area contributed by atoms with Crippen LogP contribution in [0.5, 0.6) is 0 Å². The summed E-state index contributed by atoms with van der Waals surface area (Å²) in [5, 5.41) is 114. The molecule has 32 heteroatoms. The molecule has 0 aromatic heterocycles. The van der Waals surface area contributed by atoms with Gasteiger partial charge in [-0.05, 0) is 129 Å². The lowest BCUT2D eigenvalue weighted by Gasteiger charge is -2.50. The summed E-state index contributed by atoms with van der Waals surface area (Å²) in [6.45, 7) is 32.4. The summed E-state index contributed by atoms with van der Waals surface area (Å²) in [4.78, 5) is 68.1. The highest BCUT2D eigenvalue weighted by Crippen LogP contribution is 2.45. The van der Waals surface area contributed by atoms with Gasteiger partial charge in [0.05, 0.1) is 127 Å². The second-order valence-corrected chi connectivity index (χ2v) is 34.4. The van der Waals surface area contributed by atoms with Crippen molar-refractivity contribution in [2.75, 3.05) is 69.1 Å². The van der Waals surface area contributed by atoms with Crippen molar-refractivity contribution in [1.29, 1.82) is 0 Å². The molecule has 6 saturated heterocycles. The fraction of sp³-hybridized carbons (Fsp3) is 0.937. The van der Waals surface area contributed by atoms with Crippen molar-refractivity contribution < 1.29 is 141 Å². The van der Waals surface area contributed by atoms with E-state index in [1.54, 1.807) is 123 Å². The van der Waals surface area contributed by atoms with Crippen molar-refractivity contribution in [3.8, 4) is 0 Å². The van der Waals surface area contributed by atoms with Crippen molar-refractivity contribution in [3.05, 3.63) is 0 Å². The first kappa shape index (κ1) is 96.5. The summed E-state index contributed by atoms with van der Waals surface area (Å²) in [7, 11) is 9.02. The summed E-state index contributed by atoms with van der Waals surface area (Å²) in [5.41, 5.74) is -9.90. The summed E-state index contributed by atoms with van der Waals surface area (Å²) in [6, 6.07) is -1.89. The minimum absolute atomic E-state index is 0.00369. The predicted molar refractivity (Wildman–Crippen MR) is 402 cm³/mol. The zero-order valence-electron chi connectivity index (χ0n) is 70.8. The molecule has 6 fully saturated rings. The highest BCUT2D eigenvalue weighted by Gasteiger charge is 2.58. The van der Waals surface area contributed by atoms with Crippen LogP contribution in [0.4, 0.5) is 0 Å². The van der Waals surface area contributed by atoms with E-state index in [1.807, 2.05) is 0 Å². The highest BCUT2D eigenvalue weighted by molar-refractivity contribution is 5.89. The van der Waals surface area contributed by atoms with Crippen LogP contribution in [0.1, 0.15) is 190 Å². The van der Waals surface area contributed by atoms with E-state index in [2.05, 4.69) is 5.16 Å². The highest BCUT2D eigenvalue weighted by atomic mass is 16.8. The van der Waals surface area contributed by atoms with E-state index in [9.17, 15) is 60.3 Å². The first-order chi connectivity index (χ1) is 51.5. The predicted octanol–water partition coefficient (Wildman–Crippen LogP) is 3.93. The van der Waals surface area contributed by atoms with Gasteiger partial charge in [0.15, 0.2) is 25.2 Å². The molecule has 6 rings (SSSR count). The molecule has 0 bridgehead atoms. The van der Waals surface area contributed by atoms with Crippen LogP contribution in [-0.2, 0) is 95.1 Å². The molecule has 6 aliphatic heterocycles. The number of ketones is 1. The van der Waals surface area contributed by atoms with Crippen LogP contribution in [-0.4, -0.2) is 323 Å². The van der Waals surface area contributed by atoms with Gasteiger partial charge in [-0.2, -0.15) is 0 Å². The Balaban J connectivity index is 1.36. The maximum atomic E-state index is 15.1. The number of nitrogens with zero attached hydrogens (tertiary/aromatic N) is 3. The molecule has 16 unspecified atom stereocenters. The SMILES string of the molecule is CC[C@H]1OC(=O)[C@H](C)[C@@H](OC2CC(C)(OC)C(O)C(C)O2)[C@H](C)[C@@H](OC2OC(C)CC(N(C)C(=O)CN(C)C3CC(C)OC(O[C@@H]4[C@@H](C)[C@H](OC5CC(C)(OC)C(O)C(C)O5)[C@@H](C)C(=O)O[C@H](CC)[C@@](C)(O)[C@H](O)[C@@H](C)/C(=N/OCOCCOC)[C@H](C)C[C@]4(C)O)C3O)C2O)[C@@](C)(OC)C[C@@H](C)C(=O)[C@H](C)[C@@H](O)[C@]1(C)O. The molecule has 646 valence electrons. The van der Waals surface area contributed by atoms with Crippen molar-refractivity contribution in [2.45, 2.75) is 358 Å². The topological polar surface area (TPSA) is 417 Å². The first-order valence-electron chi connectivity index (χ1n) is 39.8. The fourth-order valence-electron chi connectivity index (χ4n) is 17.9. The van der Waals surface area contributed by atoms with E-state index in [-0.39, 0.29) is 83.6 Å². The van der Waals surface area contributed by atoms with E-state index < -0.39 is 239 Å². The third kappa shape index (κ3) is 22.1. The average Bonchev–Trinajstić information content (AvgIpc) is 0.772. The number of aliphatic hydroxyl groups is 9. The molecule has 6 heterocycles. The second kappa shape index (κ2) is 39.9. The number of ether oxygens (including phenoxy) is 15. The van der Waals surface area contributed by atoms with Gasteiger partial charge in [-0.25, -0.2) is 0 Å². The van der Waals surface area contributed by atoms with Crippen LogP contribution in [0.15, 0.2) is 5.16 Å². The molecule has 0 spiro atoms. The largest absolute Gasteiger partial charge is 0.459 e. The van der Waals surface area contributed by atoms with Crippen molar-refractivity contribution in [2.24, 2.45) is 52.5 Å². The Morgan fingerprint density at radius 2 is 0.955 bits per heavy atom. The van der Waals surface area contributed by atoms with Crippen LogP contribution < -0.4 is 0 Å². The van der Waals surface area contributed by atoms with Crippen LogP contribution in [0.25, 0.3) is 0 Å². The number of hydrogen-bond acceptors (Lipinski definition) is 31. The van der Waals surface area contributed by atoms with Crippen molar-refractivity contribution in [3.63, 3.8) is 0 Å². The number of esters is 2. The van der Waals surface area contributed by atoms with Crippen LogP contribution in [0, 0.1) is 47.3 Å². The van der Waals surface area contributed by atoms with Gasteiger partial charge >= 0.3 is 11.9 Å². The molecule has 0 aromatic carbocycles. The molecule has 36 atom stereocenters. The monoisotopic (exact) mass is 1600 g/mol. The van der Waals surface area contributed by atoms with Gasteiger partial charge in [-0.1, -0.05) is 60.5 Å². The first-order valence-corrected chi connectivity index (χ1v) is 39.8. The van der Waals surface area contributed by atoms with E-state index in [0.717, 1.165) is 0 Å². The molecule has 32 nitrogen and oxygen atoms in total. The molecule has 0 radical (unpaired) electrons. The van der Waals surface area contributed by atoms with Gasteiger partial charge in [0.25, 0.3) is 0 Å². The maximum Gasteiger partial charge on any atom is 0.311 e. The van der Waals surface area contributed by atoms with Gasteiger partial charge in [-0.3, -0.25) is 24.1 Å². The number of rotatable bonds is 23. The molecule has 1 amide bonds. The number of amides is 1. The van der Waals surface area contributed by atoms with Crippen LogP contribution in [0.3, 0.4) is 0 Å². The molecule has 9 N–H and O–H groups in total. The fourth-order valence-corrected chi connectivity index (χ4v) is 17.9. The molecule has 111 heavy (non-hydrogen) atoms. The summed E-state index contributed by atoms with van der Waals surface area (Å²) in [6.07, 6.45) is -24.8. The molecule has 0 aromatic rings. The van der Waals surface area contributed by atoms with Gasteiger partial charge < -0.3 is 127 Å². The Hall–Kier alpha value is -3.37. The van der Waals surface area contributed by atoms with E-state index in [1.165, 1.54) is 68.1 Å². The number of carbonyl (C=O) groups excluding carboxylic acids is 4. The van der Waals surface area contributed by atoms with E-state index in [0.29, 0.717) is 0 Å². The number of hydrogen-bond donors (Lipinski definition) is 9. The Kier molecular flexibility index (Phi) is 34.7. The minimum atomic E-state index is -2.10. The maximum absolute atomic E-state index is 15.1. The molecule has 0 aliphatic carbocycles. The number of likely N-dealkylation sites (N-methyl/N-ethyl adjacent to an activating group) is 2. The zero-order valence-corrected chi connectivity index (χ0v) is 70.8. The number of aliphatic hydroxyl groups excluding tert-OH is 6. The van der Waals surface area contributed by atoms with Crippen molar-refractivity contribution in [1.82, 2.24) is 9.80 Å². The number of methoxy groups -OCH3 is 4. The number of Topliss-reactive ketones (excluding diaryl/α,β-unsaturated/α-hetero) is 1. The van der Waals surface area contributed by atoms with E-state index in [4.69, 9.17) is 75.9 Å². The standard InChI is InChI=1S/C79H141N3O29/c1-27-53-78(19,94)64(87)43(7)58(80-101-38-100-30-29-96-23)39(3)33-74(15,93)68(45(9)62(47(11)70(91)106-53)108-56-35-75(16,97-24)66(89)49(13)104-56)110-72-60(85)51(31-41(5)102-72)81(21)37-55(83)82(22)52-32-42(6)103-73(61(52)86)111-69-46(10)63(109-57-36-76(17,98-25)67(90)50(14)105-57)48(12)71(92)107-54(28-2)79(20,95)65(88)44(8)59(84)40(4)34-77(69,18)99-26/h39-54,56-57,60-69,72-73,85-90,93-95H,27-38H2,1-26H3/b80-58+/t39-,40-,41?,42?,43+,44+,45+,46+,47-,48-,49?,50?,51?,52?,53-,54-,56?,57?,60?,61?,62+,63+,64-,65-,66?,67?,68-,69-,72?,73?,74+,75?,76?,77+,78-,79-/m1/s1. The Morgan fingerprint density at radius 1 is 0.523 bits per heavy atom. The van der Waals surface area contributed by atoms with Gasteiger partial charge in [0.2, 0.25) is 12.7 Å². The Bertz CT molecular complexity index is 2990. The third-order valence-electron chi connectivity index (χ3n) is 25.4. The smallest absolute Gasteiger partial charge is 0.311 e. The number of oxime groups is 1. The third-order valence-corrected chi connectivity index (χ3v) is 25.4. The number of cyclic esters (lactones) is 2. The summed E-state index contributed by atoms with van der Waals surface area (Å²) < 4.78 is 94.6. The Labute approximate surface area is 657 Å². The summed E-state index contributed by atoms with van der Waals surface area (Å²) in [5.74, 6) is -11.0. The summed E-state index contributed by atoms with van der Waals surface area (Å²) >= 11 is 0. The molecule has 6 aliphatic rings. The Morgan fingerprint density at radius 3 is 1.41 bits per heavy atom. The van der Waals surface area contributed by atoms with Gasteiger partial charge in [0, 0.05) is 89.9 Å². The number of carbonyl (C=O) groups is 4. The van der Waals surface area contributed by atoms with E-state index >= 15 is 4.79 Å². The lowest BCUT2D eigenvalue weighted by molar-refractivity contribution is -0.319. The lowest BCUT2D eigenvalue weighted by Crippen LogP contribution is -2.63. The molecule has 0 saturated carbocycles. The van der Waals surface area contributed by atoms with Crippen LogP contribution >= 0.6 is 0 Å². The normalized spacial score (nSPS) is 47.1. The molecular formula is C79H141N3O29. The lowest BCUT2D eigenvalue weighted by atomic mass is 9.73.